The van der Waals surface area contributed by atoms with Gasteiger partial charge in [-0.05, 0) is 56.4 Å². The molecule has 3 amide bonds. The first-order chi connectivity index (χ1) is 25.4. The van der Waals surface area contributed by atoms with Crippen LogP contribution >= 0.6 is 15.9 Å². The SMILES string of the molecule is C=CCCC(=O)N[C@@H](COC)[C@@H](OC(=O)[C@@H]1[C@H]2O[C@@]3(CC2Br)[C@H](C(=O)N(CC=C)C(C)(C)CC(C)(C)C)N([C@@H](CO)CC(C)C)C(=O)[C@@H]13)c1ccccc1. The number of hydrogen-bond acceptors (Lipinski definition) is 8. The molecular weight excluding hydrogens is 754 g/mol. The van der Waals surface area contributed by atoms with Gasteiger partial charge in [0.15, 0.2) is 0 Å². The summed E-state index contributed by atoms with van der Waals surface area (Å²) >= 11 is 3.78. The number of carbonyl (C=O) groups excluding carboxylic acids is 4. The Morgan fingerprint density at radius 3 is 2.37 bits per heavy atom. The fraction of sp³-hybridized carbons (Fsp3) is 0.667. The van der Waals surface area contributed by atoms with Crippen LogP contribution in [0.4, 0.5) is 0 Å². The molecule has 0 aromatic heterocycles. The standard InChI is InChI=1S/C42H62BrN3O8/c1-11-13-19-31(48)44-30(24-52-10)34(27-17-15-14-16-18-27)53-39(51)32-33-37(49)46(28(23-47)21-26(3)4)36(42(33)22-29(43)35(32)54-42)38(50)45(20-12-2)41(8,9)25-40(5,6)7/h11-12,14-18,26,28-30,32-36,47H,1-2,13,19-25H2,3-10H3,(H,44,48)/t28-,29?,30+,32+,33-,34+,35+,36+,42-/m1/s1. The minimum Gasteiger partial charge on any atom is -0.455 e. The Balaban J connectivity index is 1.81. The Labute approximate surface area is 330 Å². The van der Waals surface area contributed by atoms with Gasteiger partial charge in [-0.15, -0.1) is 13.2 Å². The topological polar surface area (TPSA) is 135 Å². The lowest BCUT2D eigenvalue weighted by molar-refractivity contribution is -0.164. The summed E-state index contributed by atoms with van der Waals surface area (Å²) in [5.74, 6) is -3.66. The molecule has 300 valence electrons. The van der Waals surface area contributed by atoms with Gasteiger partial charge >= 0.3 is 5.97 Å². The molecule has 2 N–H and O–H groups in total. The minimum atomic E-state index is -1.37. The van der Waals surface area contributed by atoms with Crippen molar-refractivity contribution < 1.29 is 38.5 Å². The average Bonchev–Trinajstić information content (AvgIpc) is 3.69. The van der Waals surface area contributed by atoms with Gasteiger partial charge in [-0.1, -0.05) is 93.0 Å². The Hall–Kier alpha value is -3.06. The zero-order valence-electron chi connectivity index (χ0n) is 33.4. The average molecular weight is 817 g/mol. The number of likely N-dealkylation sites (tertiary alicyclic amines) is 1. The van der Waals surface area contributed by atoms with Gasteiger partial charge in [0.25, 0.3) is 0 Å². The van der Waals surface area contributed by atoms with Crippen LogP contribution in [0.3, 0.4) is 0 Å². The summed E-state index contributed by atoms with van der Waals surface area (Å²) in [7, 11) is 1.51. The number of nitrogens with one attached hydrogen (secondary N) is 1. The number of ether oxygens (including phenoxy) is 3. The fourth-order valence-corrected chi connectivity index (χ4v) is 10.2. The van der Waals surface area contributed by atoms with Crippen molar-refractivity contribution in [1.29, 1.82) is 0 Å². The molecule has 0 aliphatic carbocycles. The normalized spacial score (nSPS) is 26.6. The number of methoxy groups -OCH3 is 1. The Bertz CT molecular complexity index is 1510. The van der Waals surface area contributed by atoms with Crippen molar-refractivity contribution >= 4 is 39.6 Å². The number of allylic oxidation sites excluding steroid dienone is 1. The monoisotopic (exact) mass is 815 g/mol. The third-order valence-electron chi connectivity index (χ3n) is 10.9. The number of amides is 3. The summed E-state index contributed by atoms with van der Waals surface area (Å²) in [5, 5.41) is 13.8. The van der Waals surface area contributed by atoms with Gasteiger partial charge in [-0.2, -0.15) is 0 Å². The van der Waals surface area contributed by atoms with E-state index in [1.165, 1.54) is 12.0 Å². The van der Waals surface area contributed by atoms with E-state index in [1.54, 1.807) is 17.1 Å². The number of benzene rings is 1. The van der Waals surface area contributed by atoms with E-state index in [2.05, 4.69) is 55.2 Å². The quantitative estimate of drug-likeness (QED) is 0.103. The Kier molecular flexibility index (Phi) is 14.4. The molecule has 3 aliphatic heterocycles. The van der Waals surface area contributed by atoms with E-state index in [4.69, 9.17) is 14.2 Å². The lowest BCUT2D eigenvalue weighted by atomic mass is 9.70. The summed E-state index contributed by atoms with van der Waals surface area (Å²) in [4.78, 5) is 60.9. The van der Waals surface area contributed by atoms with Gasteiger partial charge in [0.2, 0.25) is 17.7 Å². The van der Waals surface area contributed by atoms with Crippen LogP contribution in [0.2, 0.25) is 0 Å². The van der Waals surface area contributed by atoms with Crippen LogP contribution in [-0.2, 0) is 33.4 Å². The second-order valence-corrected chi connectivity index (χ2v) is 18.6. The lowest BCUT2D eigenvalue weighted by Crippen LogP contribution is -2.62. The number of rotatable bonds is 19. The third-order valence-corrected chi connectivity index (χ3v) is 11.7. The first-order valence-corrected chi connectivity index (χ1v) is 20.1. The summed E-state index contributed by atoms with van der Waals surface area (Å²) in [5.41, 5.74) is -1.50. The third kappa shape index (κ3) is 9.14. The first-order valence-electron chi connectivity index (χ1n) is 19.2. The number of aliphatic hydroxyl groups excluding tert-OH is 1. The highest BCUT2D eigenvalue weighted by atomic mass is 79.9. The largest absolute Gasteiger partial charge is 0.455 e. The van der Waals surface area contributed by atoms with Gasteiger partial charge in [0.1, 0.15) is 17.7 Å². The molecule has 54 heavy (non-hydrogen) atoms. The maximum atomic E-state index is 15.3. The van der Waals surface area contributed by atoms with Crippen LogP contribution in [0.5, 0.6) is 0 Å². The molecule has 3 heterocycles. The van der Waals surface area contributed by atoms with Crippen molar-refractivity contribution in [3.05, 3.63) is 61.2 Å². The van der Waals surface area contributed by atoms with E-state index in [1.807, 2.05) is 58.0 Å². The predicted octanol–water partition coefficient (Wildman–Crippen LogP) is 5.75. The molecule has 4 rings (SSSR count). The maximum absolute atomic E-state index is 15.3. The minimum absolute atomic E-state index is 0.0475. The molecule has 3 fully saturated rings. The number of esters is 1. The summed E-state index contributed by atoms with van der Waals surface area (Å²) in [6.45, 7) is 22.0. The van der Waals surface area contributed by atoms with Gasteiger partial charge < -0.3 is 34.4 Å². The smallest absolute Gasteiger partial charge is 0.313 e. The molecule has 9 atom stereocenters. The highest BCUT2D eigenvalue weighted by Crippen LogP contribution is 2.61. The number of fused-ring (bicyclic) bond motifs is 1. The number of nitrogens with zero attached hydrogens (tertiary/aromatic N) is 2. The van der Waals surface area contributed by atoms with E-state index < -0.39 is 65.2 Å². The number of halogens is 1. The molecule has 3 aliphatic rings. The fourth-order valence-electron chi connectivity index (χ4n) is 9.26. The number of alkyl halides is 1. The van der Waals surface area contributed by atoms with Crippen molar-refractivity contribution in [2.45, 2.75) is 127 Å². The molecule has 12 heteroatoms. The second kappa shape index (κ2) is 17.8. The van der Waals surface area contributed by atoms with Crippen molar-refractivity contribution in [1.82, 2.24) is 15.1 Å². The Morgan fingerprint density at radius 1 is 1.15 bits per heavy atom. The highest BCUT2D eigenvalue weighted by Gasteiger charge is 2.78. The highest BCUT2D eigenvalue weighted by molar-refractivity contribution is 9.09. The second-order valence-electron chi connectivity index (χ2n) is 17.4. The van der Waals surface area contributed by atoms with Gasteiger partial charge in [-0.25, -0.2) is 0 Å². The molecule has 0 saturated carbocycles. The van der Waals surface area contributed by atoms with Gasteiger partial charge in [-0.3, -0.25) is 19.2 Å². The van der Waals surface area contributed by atoms with Crippen LogP contribution < -0.4 is 5.32 Å². The number of carbonyl (C=O) groups is 4. The van der Waals surface area contributed by atoms with Crippen LogP contribution in [-0.4, -0.2) is 106 Å². The Morgan fingerprint density at radius 2 is 1.81 bits per heavy atom. The van der Waals surface area contributed by atoms with Gasteiger partial charge in [0, 0.05) is 30.4 Å². The van der Waals surface area contributed by atoms with Crippen molar-refractivity contribution in [3.8, 4) is 0 Å². The van der Waals surface area contributed by atoms with Crippen molar-refractivity contribution in [2.75, 3.05) is 26.9 Å². The summed E-state index contributed by atoms with van der Waals surface area (Å²) < 4.78 is 18.7. The molecule has 2 bridgehead atoms. The summed E-state index contributed by atoms with van der Waals surface area (Å²) in [6, 6.07) is 6.55. The molecule has 11 nitrogen and oxygen atoms in total. The first kappa shape index (κ1) is 43.7. The summed E-state index contributed by atoms with van der Waals surface area (Å²) in [6.07, 6.45) is 3.70. The van der Waals surface area contributed by atoms with Crippen molar-refractivity contribution in [3.63, 3.8) is 0 Å². The van der Waals surface area contributed by atoms with E-state index in [0.29, 0.717) is 31.2 Å². The molecule has 0 radical (unpaired) electrons. The molecule has 1 aromatic rings. The molecule has 1 unspecified atom stereocenters. The van der Waals surface area contributed by atoms with E-state index >= 15 is 9.59 Å². The van der Waals surface area contributed by atoms with Crippen LogP contribution in [0.15, 0.2) is 55.6 Å². The van der Waals surface area contributed by atoms with Crippen LogP contribution in [0, 0.1) is 23.2 Å². The molecular formula is C42H62BrN3O8. The van der Waals surface area contributed by atoms with Crippen molar-refractivity contribution in [2.24, 2.45) is 23.2 Å². The molecule has 1 spiro atoms. The van der Waals surface area contributed by atoms with E-state index in [0.717, 1.165) is 0 Å². The van der Waals surface area contributed by atoms with Gasteiger partial charge in [0.05, 0.1) is 43.2 Å². The van der Waals surface area contributed by atoms with E-state index in [-0.39, 0.29) is 54.2 Å². The van der Waals surface area contributed by atoms with Crippen LogP contribution in [0.1, 0.15) is 92.2 Å². The predicted molar refractivity (Wildman–Crippen MR) is 211 cm³/mol. The maximum Gasteiger partial charge on any atom is 0.313 e. The zero-order valence-corrected chi connectivity index (χ0v) is 35.0. The number of hydrogen-bond donors (Lipinski definition) is 2. The van der Waals surface area contributed by atoms with Crippen LogP contribution in [0.25, 0.3) is 0 Å². The zero-order chi connectivity index (χ0) is 40.2. The lowest BCUT2D eigenvalue weighted by Gasteiger charge is -2.46. The molecule has 1 aromatic carbocycles. The molecule has 3 saturated heterocycles. The number of aliphatic hydroxyl groups is 1. The van der Waals surface area contributed by atoms with E-state index in [9.17, 15) is 14.7 Å².